The summed E-state index contributed by atoms with van der Waals surface area (Å²) in [7, 11) is 0. The predicted molar refractivity (Wildman–Crippen MR) is 47.5 cm³/mol. The molecule has 0 atom stereocenters. The van der Waals surface area contributed by atoms with Gasteiger partial charge in [0, 0.05) is 11.9 Å². The van der Waals surface area contributed by atoms with Crippen LogP contribution in [0.3, 0.4) is 0 Å². The zero-order chi connectivity index (χ0) is 10.9. The fourth-order valence-corrected chi connectivity index (χ4v) is 1.38. The Balaban J connectivity index is 3.41. The van der Waals surface area contributed by atoms with E-state index >= 15 is 0 Å². The van der Waals surface area contributed by atoms with Gasteiger partial charge in [0.1, 0.15) is 0 Å². The topological polar surface area (TPSA) is 56.0 Å². The van der Waals surface area contributed by atoms with Crippen molar-refractivity contribution in [1.82, 2.24) is 4.98 Å². The van der Waals surface area contributed by atoms with Gasteiger partial charge in [-0.2, -0.15) is 0 Å². The Morgan fingerprint density at radius 3 is 2.64 bits per heavy atom. The van der Waals surface area contributed by atoms with Gasteiger partial charge in [0.15, 0.2) is 0 Å². The standard InChI is InChI=1S/C8H7ClF2N2O/c1-3-5(7(10)11)6(9)4(2-13-3)8(12)14/h2,7H,1H3,(H2,12,14). The minimum absolute atomic E-state index is 0.0926. The van der Waals surface area contributed by atoms with Gasteiger partial charge >= 0.3 is 0 Å². The first-order chi connectivity index (χ1) is 6.45. The van der Waals surface area contributed by atoms with Crippen molar-refractivity contribution >= 4 is 17.5 Å². The molecule has 0 saturated carbocycles. The molecule has 2 N–H and O–H groups in total. The Kier molecular flexibility index (Phi) is 3.00. The molecule has 1 aromatic heterocycles. The van der Waals surface area contributed by atoms with Crippen LogP contribution in [0.25, 0.3) is 0 Å². The van der Waals surface area contributed by atoms with Crippen LogP contribution in [0.15, 0.2) is 6.20 Å². The summed E-state index contributed by atoms with van der Waals surface area (Å²) >= 11 is 5.58. The van der Waals surface area contributed by atoms with Crippen LogP contribution in [0.5, 0.6) is 0 Å². The van der Waals surface area contributed by atoms with Crippen molar-refractivity contribution in [1.29, 1.82) is 0 Å². The van der Waals surface area contributed by atoms with E-state index in [-0.39, 0.29) is 16.3 Å². The molecule has 0 aliphatic rings. The molecule has 1 aromatic rings. The van der Waals surface area contributed by atoms with Gasteiger partial charge in [-0.3, -0.25) is 9.78 Å². The molecule has 1 amide bonds. The summed E-state index contributed by atoms with van der Waals surface area (Å²) < 4.78 is 24.9. The van der Waals surface area contributed by atoms with Crippen LogP contribution in [0.2, 0.25) is 5.02 Å². The van der Waals surface area contributed by atoms with Gasteiger partial charge in [-0.25, -0.2) is 8.78 Å². The third kappa shape index (κ3) is 1.82. The largest absolute Gasteiger partial charge is 0.366 e. The third-order valence-electron chi connectivity index (χ3n) is 1.73. The average Bonchev–Trinajstić information content (AvgIpc) is 2.02. The van der Waals surface area contributed by atoms with Crippen LogP contribution in [-0.4, -0.2) is 10.9 Å². The number of aromatic nitrogens is 1. The van der Waals surface area contributed by atoms with E-state index < -0.39 is 17.9 Å². The second kappa shape index (κ2) is 3.88. The molecule has 0 fully saturated rings. The van der Waals surface area contributed by atoms with Crippen LogP contribution >= 0.6 is 11.6 Å². The van der Waals surface area contributed by atoms with Crippen molar-refractivity contribution in [2.24, 2.45) is 5.73 Å². The summed E-state index contributed by atoms with van der Waals surface area (Å²) in [5.74, 6) is -0.871. The highest BCUT2D eigenvalue weighted by Crippen LogP contribution is 2.31. The Bertz CT molecular complexity index is 382. The minimum atomic E-state index is -2.77. The zero-order valence-corrected chi connectivity index (χ0v) is 7.98. The van der Waals surface area contributed by atoms with E-state index in [1.165, 1.54) is 6.92 Å². The molecular formula is C8H7ClF2N2O. The number of alkyl halides is 2. The van der Waals surface area contributed by atoms with Crippen molar-refractivity contribution in [2.75, 3.05) is 0 Å². The van der Waals surface area contributed by atoms with Crippen molar-refractivity contribution in [3.8, 4) is 0 Å². The molecule has 0 saturated heterocycles. The summed E-state index contributed by atoms with van der Waals surface area (Å²) in [6.45, 7) is 1.39. The van der Waals surface area contributed by atoms with Crippen molar-refractivity contribution in [3.63, 3.8) is 0 Å². The smallest absolute Gasteiger partial charge is 0.267 e. The van der Waals surface area contributed by atoms with Crippen LogP contribution in [0, 0.1) is 6.92 Å². The van der Waals surface area contributed by atoms with Crippen molar-refractivity contribution in [2.45, 2.75) is 13.3 Å². The number of nitrogens with zero attached hydrogens (tertiary/aromatic N) is 1. The monoisotopic (exact) mass is 220 g/mol. The molecule has 0 bridgehead atoms. The second-order valence-electron chi connectivity index (χ2n) is 2.65. The lowest BCUT2D eigenvalue weighted by Crippen LogP contribution is -2.13. The highest BCUT2D eigenvalue weighted by atomic mass is 35.5. The summed E-state index contributed by atoms with van der Waals surface area (Å²) in [6, 6.07) is 0. The maximum Gasteiger partial charge on any atom is 0.267 e. The zero-order valence-electron chi connectivity index (χ0n) is 7.22. The number of amides is 1. The average molecular weight is 221 g/mol. The molecule has 14 heavy (non-hydrogen) atoms. The Hall–Kier alpha value is -1.23. The van der Waals surface area contributed by atoms with Gasteiger partial charge < -0.3 is 5.73 Å². The molecule has 3 nitrogen and oxygen atoms in total. The van der Waals surface area contributed by atoms with Crippen LogP contribution in [-0.2, 0) is 0 Å². The molecule has 0 aliphatic heterocycles. The molecule has 76 valence electrons. The van der Waals surface area contributed by atoms with Crippen LogP contribution in [0.4, 0.5) is 8.78 Å². The summed E-state index contributed by atoms with van der Waals surface area (Å²) in [6.07, 6.45) is -1.68. The molecule has 0 aliphatic carbocycles. The highest BCUT2D eigenvalue weighted by molar-refractivity contribution is 6.34. The lowest BCUT2D eigenvalue weighted by molar-refractivity contribution is 0.0999. The van der Waals surface area contributed by atoms with Crippen LogP contribution in [0.1, 0.15) is 28.0 Å². The number of carbonyl (C=O) groups excluding carboxylic acids is 1. The molecule has 6 heteroatoms. The SMILES string of the molecule is Cc1ncc(C(N)=O)c(Cl)c1C(F)F. The van der Waals surface area contributed by atoms with E-state index in [1.807, 2.05) is 0 Å². The van der Waals surface area contributed by atoms with Crippen molar-refractivity contribution < 1.29 is 13.6 Å². The normalized spacial score (nSPS) is 10.6. The molecule has 1 heterocycles. The number of rotatable bonds is 2. The number of primary amides is 1. The summed E-state index contributed by atoms with van der Waals surface area (Å²) in [4.78, 5) is 14.4. The number of halogens is 3. The number of hydrogen-bond donors (Lipinski definition) is 1. The summed E-state index contributed by atoms with van der Waals surface area (Å²) in [5, 5.41) is -0.319. The van der Waals surface area contributed by atoms with Gasteiger partial charge in [0.2, 0.25) is 0 Å². The molecule has 0 radical (unpaired) electrons. The fourth-order valence-electron chi connectivity index (χ4n) is 1.02. The first-order valence-corrected chi connectivity index (χ1v) is 4.06. The van der Waals surface area contributed by atoms with Gasteiger partial charge in [-0.05, 0) is 6.92 Å². The Morgan fingerprint density at radius 1 is 1.64 bits per heavy atom. The molecule has 1 rings (SSSR count). The van der Waals surface area contributed by atoms with Gasteiger partial charge in [-0.1, -0.05) is 11.6 Å². The number of pyridine rings is 1. The number of carbonyl (C=O) groups is 1. The molecule has 0 unspecified atom stereocenters. The van der Waals surface area contributed by atoms with Gasteiger partial charge in [0.05, 0.1) is 16.1 Å². The van der Waals surface area contributed by atoms with E-state index in [4.69, 9.17) is 17.3 Å². The maximum atomic E-state index is 12.5. The second-order valence-corrected chi connectivity index (χ2v) is 3.03. The van der Waals surface area contributed by atoms with Crippen molar-refractivity contribution in [3.05, 3.63) is 28.0 Å². The molecule has 0 aromatic carbocycles. The van der Waals surface area contributed by atoms with E-state index in [2.05, 4.69) is 4.98 Å². The number of hydrogen-bond acceptors (Lipinski definition) is 2. The van der Waals surface area contributed by atoms with E-state index in [0.29, 0.717) is 0 Å². The third-order valence-corrected chi connectivity index (χ3v) is 2.14. The summed E-state index contributed by atoms with van der Waals surface area (Å²) in [5.41, 5.74) is 4.39. The Labute approximate surface area is 83.9 Å². The first kappa shape index (κ1) is 10.8. The Morgan fingerprint density at radius 2 is 2.21 bits per heavy atom. The quantitative estimate of drug-likeness (QED) is 0.830. The molecule has 0 spiro atoms. The number of nitrogens with two attached hydrogens (primary N) is 1. The first-order valence-electron chi connectivity index (χ1n) is 3.68. The fraction of sp³-hybridized carbons (Fsp3) is 0.250. The van der Waals surface area contributed by atoms with E-state index in [1.54, 1.807) is 0 Å². The maximum absolute atomic E-state index is 12.5. The number of aryl methyl sites for hydroxylation is 1. The lowest BCUT2D eigenvalue weighted by Gasteiger charge is -2.08. The van der Waals surface area contributed by atoms with E-state index in [0.717, 1.165) is 6.20 Å². The van der Waals surface area contributed by atoms with E-state index in [9.17, 15) is 13.6 Å². The predicted octanol–water partition coefficient (Wildman–Crippen LogP) is 2.08. The molecular weight excluding hydrogens is 214 g/mol. The minimum Gasteiger partial charge on any atom is -0.366 e. The lowest BCUT2D eigenvalue weighted by atomic mass is 10.1. The van der Waals surface area contributed by atoms with Gasteiger partial charge in [0.25, 0.3) is 12.3 Å². The van der Waals surface area contributed by atoms with Gasteiger partial charge in [-0.15, -0.1) is 0 Å². The van der Waals surface area contributed by atoms with Crippen LogP contribution < -0.4 is 5.73 Å². The highest BCUT2D eigenvalue weighted by Gasteiger charge is 2.20.